The molecule has 0 amide bonds. The summed E-state index contributed by atoms with van der Waals surface area (Å²) >= 11 is 5.71. The molecule has 0 radical (unpaired) electrons. The topological polar surface area (TPSA) is 37.9 Å². The third-order valence-corrected chi connectivity index (χ3v) is 1.75. The zero-order valence-electron chi connectivity index (χ0n) is 6.70. The maximum Gasteiger partial charge on any atom is 0.299 e. The number of aromatic amines is 1. The lowest BCUT2D eigenvalue weighted by atomic mass is 10.3. The monoisotopic (exact) mass is 194 g/mol. The Morgan fingerprint density at radius 3 is 2.62 bits per heavy atom. The zero-order chi connectivity index (χ0) is 9.10. The van der Waals surface area contributed by atoms with Crippen LogP contribution in [0.2, 0.25) is 5.02 Å². The molecule has 3 nitrogen and oxygen atoms in total. The Bertz CT molecular complexity index is 369. The number of rotatable bonds is 2. The van der Waals surface area contributed by atoms with E-state index in [1.54, 1.807) is 36.7 Å². The lowest BCUT2D eigenvalue weighted by Crippen LogP contribution is -1.84. The highest BCUT2D eigenvalue weighted by Gasteiger charge is 1.97. The highest BCUT2D eigenvalue weighted by atomic mass is 35.5. The van der Waals surface area contributed by atoms with E-state index in [2.05, 4.69) is 9.97 Å². The van der Waals surface area contributed by atoms with Gasteiger partial charge in [0.1, 0.15) is 5.75 Å². The summed E-state index contributed by atoms with van der Waals surface area (Å²) in [6.07, 6.45) is 3.33. The van der Waals surface area contributed by atoms with Gasteiger partial charge in [-0.3, -0.25) is 0 Å². The zero-order valence-corrected chi connectivity index (χ0v) is 7.45. The molecule has 0 aliphatic rings. The minimum Gasteiger partial charge on any atom is -0.426 e. The van der Waals surface area contributed by atoms with Crippen LogP contribution in [0.3, 0.4) is 0 Å². The molecule has 0 unspecified atom stereocenters. The molecule has 66 valence electrons. The standard InChI is InChI=1S/C9H7ClN2O/c10-7-1-3-8(4-2-7)13-9-11-5-6-12-9/h1-6H,(H,11,12). The lowest BCUT2D eigenvalue weighted by Gasteiger charge is -2.00. The lowest BCUT2D eigenvalue weighted by molar-refractivity contribution is 0.447. The van der Waals surface area contributed by atoms with Crippen molar-refractivity contribution in [1.29, 1.82) is 0 Å². The van der Waals surface area contributed by atoms with Gasteiger partial charge < -0.3 is 9.72 Å². The van der Waals surface area contributed by atoms with E-state index in [4.69, 9.17) is 16.3 Å². The van der Waals surface area contributed by atoms with Crippen molar-refractivity contribution in [2.24, 2.45) is 0 Å². The first-order valence-electron chi connectivity index (χ1n) is 3.77. The number of halogens is 1. The number of imidazole rings is 1. The Labute approximate surface area is 80.3 Å². The fraction of sp³-hybridized carbons (Fsp3) is 0. The van der Waals surface area contributed by atoms with Crippen molar-refractivity contribution in [3.05, 3.63) is 41.7 Å². The second-order valence-corrected chi connectivity index (χ2v) is 2.89. The van der Waals surface area contributed by atoms with E-state index in [1.165, 1.54) is 0 Å². The third kappa shape index (κ3) is 2.00. The van der Waals surface area contributed by atoms with E-state index < -0.39 is 0 Å². The first-order chi connectivity index (χ1) is 6.34. The van der Waals surface area contributed by atoms with Crippen LogP contribution in [0.5, 0.6) is 11.8 Å². The SMILES string of the molecule is Clc1ccc(Oc2ncc[nH]2)cc1. The van der Waals surface area contributed by atoms with Crippen LogP contribution < -0.4 is 4.74 Å². The molecule has 2 aromatic rings. The highest BCUT2D eigenvalue weighted by Crippen LogP contribution is 2.19. The van der Waals surface area contributed by atoms with E-state index in [9.17, 15) is 0 Å². The summed E-state index contributed by atoms with van der Waals surface area (Å²) in [6.45, 7) is 0. The van der Waals surface area contributed by atoms with Gasteiger partial charge in [0, 0.05) is 17.4 Å². The molecule has 13 heavy (non-hydrogen) atoms. The summed E-state index contributed by atoms with van der Waals surface area (Å²) < 4.78 is 5.35. The van der Waals surface area contributed by atoms with E-state index in [0.717, 1.165) is 0 Å². The maximum atomic E-state index is 5.71. The van der Waals surface area contributed by atoms with E-state index >= 15 is 0 Å². The van der Waals surface area contributed by atoms with Gasteiger partial charge in [-0.1, -0.05) is 11.6 Å². The van der Waals surface area contributed by atoms with Crippen molar-refractivity contribution in [1.82, 2.24) is 9.97 Å². The largest absolute Gasteiger partial charge is 0.426 e. The van der Waals surface area contributed by atoms with Crippen LogP contribution in [-0.4, -0.2) is 9.97 Å². The van der Waals surface area contributed by atoms with Crippen LogP contribution in [0, 0.1) is 0 Å². The fourth-order valence-corrected chi connectivity index (χ4v) is 1.05. The quantitative estimate of drug-likeness (QED) is 0.798. The van der Waals surface area contributed by atoms with Gasteiger partial charge in [0.15, 0.2) is 0 Å². The Morgan fingerprint density at radius 2 is 2.00 bits per heavy atom. The smallest absolute Gasteiger partial charge is 0.299 e. The number of nitrogens with zero attached hydrogens (tertiary/aromatic N) is 1. The molecule has 1 N–H and O–H groups in total. The molecule has 0 aliphatic carbocycles. The second-order valence-electron chi connectivity index (χ2n) is 2.45. The Balaban J connectivity index is 2.15. The van der Waals surface area contributed by atoms with Gasteiger partial charge in [-0.25, -0.2) is 4.98 Å². The van der Waals surface area contributed by atoms with Crippen LogP contribution in [0.25, 0.3) is 0 Å². The average Bonchev–Trinajstić information content (AvgIpc) is 2.62. The molecule has 2 rings (SSSR count). The summed E-state index contributed by atoms with van der Waals surface area (Å²) in [7, 11) is 0. The summed E-state index contributed by atoms with van der Waals surface area (Å²) in [5.74, 6) is 0.708. The summed E-state index contributed by atoms with van der Waals surface area (Å²) in [4.78, 5) is 6.76. The molecule has 0 spiro atoms. The van der Waals surface area contributed by atoms with Crippen LogP contribution in [0.4, 0.5) is 0 Å². The van der Waals surface area contributed by atoms with Gasteiger partial charge in [-0.15, -0.1) is 0 Å². The predicted octanol–water partition coefficient (Wildman–Crippen LogP) is 2.86. The summed E-state index contributed by atoms with van der Waals surface area (Å²) in [6, 6.07) is 7.57. The van der Waals surface area contributed by atoms with Crippen LogP contribution in [0.1, 0.15) is 0 Å². The minimum atomic E-state index is 0.474. The number of nitrogens with one attached hydrogen (secondary N) is 1. The maximum absolute atomic E-state index is 5.71. The molecule has 0 saturated heterocycles. The number of hydrogen-bond donors (Lipinski definition) is 1. The van der Waals surface area contributed by atoms with E-state index in [-0.39, 0.29) is 0 Å². The van der Waals surface area contributed by atoms with Gasteiger partial charge in [-0.2, -0.15) is 0 Å². The number of ether oxygens (including phenoxy) is 1. The van der Waals surface area contributed by atoms with Crippen molar-refractivity contribution < 1.29 is 4.74 Å². The van der Waals surface area contributed by atoms with Crippen molar-refractivity contribution >= 4 is 11.6 Å². The first kappa shape index (κ1) is 8.13. The van der Waals surface area contributed by atoms with Crippen molar-refractivity contribution in [2.45, 2.75) is 0 Å². The Kier molecular flexibility index (Phi) is 2.19. The molecule has 0 atom stereocenters. The fourth-order valence-electron chi connectivity index (χ4n) is 0.921. The minimum absolute atomic E-state index is 0.474. The van der Waals surface area contributed by atoms with Crippen LogP contribution in [-0.2, 0) is 0 Å². The van der Waals surface area contributed by atoms with E-state index in [1.807, 2.05) is 0 Å². The average molecular weight is 195 g/mol. The Hall–Kier alpha value is -1.48. The molecule has 1 heterocycles. The van der Waals surface area contributed by atoms with Crippen molar-refractivity contribution in [3.63, 3.8) is 0 Å². The van der Waals surface area contributed by atoms with Gasteiger partial charge in [0.2, 0.25) is 0 Å². The normalized spacial score (nSPS) is 9.92. The molecule has 0 aliphatic heterocycles. The molecular formula is C9H7ClN2O. The van der Waals surface area contributed by atoms with Gasteiger partial charge in [0.05, 0.1) is 0 Å². The number of aromatic nitrogens is 2. The molecule has 0 saturated carbocycles. The molecule has 1 aromatic heterocycles. The number of hydrogen-bond acceptors (Lipinski definition) is 2. The van der Waals surface area contributed by atoms with Crippen LogP contribution >= 0.6 is 11.6 Å². The second kappa shape index (κ2) is 3.49. The van der Waals surface area contributed by atoms with Gasteiger partial charge in [-0.05, 0) is 24.3 Å². The molecule has 0 bridgehead atoms. The van der Waals surface area contributed by atoms with Crippen molar-refractivity contribution in [2.75, 3.05) is 0 Å². The first-order valence-corrected chi connectivity index (χ1v) is 4.15. The van der Waals surface area contributed by atoms with Crippen LogP contribution in [0.15, 0.2) is 36.7 Å². The van der Waals surface area contributed by atoms with Crippen molar-refractivity contribution in [3.8, 4) is 11.8 Å². The predicted molar refractivity (Wildman–Crippen MR) is 50.1 cm³/mol. The molecule has 1 aromatic carbocycles. The van der Waals surface area contributed by atoms with E-state index in [0.29, 0.717) is 16.8 Å². The van der Waals surface area contributed by atoms with Gasteiger partial charge >= 0.3 is 0 Å². The molecular weight excluding hydrogens is 188 g/mol. The molecule has 4 heteroatoms. The molecule has 0 fully saturated rings. The number of H-pyrrole nitrogens is 1. The van der Waals surface area contributed by atoms with Gasteiger partial charge in [0.25, 0.3) is 6.01 Å². The highest BCUT2D eigenvalue weighted by molar-refractivity contribution is 6.30. The third-order valence-electron chi connectivity index (χ3n) is 1.50. The summed E-state index contributed by atoms with van der Waals surface area (Å²) in [5.41, 5.74) is 0. The Morgan fingerprint density at radius 1 is 1.23 bits per heavy atom. The number of benzene rings is 1. The summed E-state index contributed by atoms with van der Waals surface area (Å²) in [5, 5.41) is 0.687.